The van der Waals surface area contributed by atoms with Gasteiger partial charge in [0.25, 0.3) is 0 Å². The Morgan fingerprint density at radius 1 is 0.417 bits per heavy atom. The molecule has 1 aromatic rings. The highest BCUT2D eigenvalue weighted by Crippen LogP contribution is 3.10. The van der Waals surface area contributed by atoms with Crippen molar-refractivity contribution in [2.45, 2.75) is 14.7 Å². The molecule has 18 heteroatoms. The van der Waals surface area contributed by atoms with E-state index in [9.17, 15) is 58.3 Å². The second-order valence-corrected chi connectivity index (χ2v) is 11.7. The highest BCUT2D eigenvalue weighted by Gasteiger charge is 2.76. The second-order valence-electron chi connectivity index (χ2n) is 4.52. The fourth-order valence-corrected chi connectivity index (χ4v) is 4.60. The summed E-state index contributed by atoms with van der Waals surface area (Å²) in [4.78, 5) is -13.1. The molecule has 0 fully saturated rings. The van der Waals surface area contributed by atoms with Crippen LogP contribution in [0, 0.1) is 0 Å². The Balaban J connectivity index is 4.20. The van der Waals surface area contributed by atoms with Gasteiger partial charge in [-0.05, 0) is 18.2 Å². The number of hydrogen-bond donors (Lipinski definition) is 0. The van der Waals surface area contributed by atoms with E-state index in [0.717, 1.165) is 0 Å². The van der Waals surface area contributed by atoms with Crippen LogP contribution in [-0.2, 0) is 0 Å². The van der Waals surface area contributed by atoms with E-state index in [1.807, 2.05) is 0 Å². The van der Waals surface area contributed by atoms with Gasteiger partial charge in [-0.15, -0.1) is 0 Å². The molecule has 0 amide bonds. The zero-order chi connectivity index (χ0) is 20.1. The van der Waals surface area contributed by atoms with E-state index < -0.39 is 63.6 Å². The molecule has 0 saturated heterocycles. The Kier molecular flexibility index (Phi) is 2.80. The summed E-state index contributed by atoms with van der Waals surface area (Å²) in [7, 11) is -34.7. The summed E-state index contributed by atoms with van der Waals surface area (Å²) in [6, 6.07) is -5.61. The van der Waals surface area contributed by atoms with Gasteiger partial charge in [0.1, 0.15) is 14.7 Å². The Bertz CT molecular complexity index is 733. The van der Waals surface area contributed by atoms with Crippen molar-refractivity contribution in [2.24, 2.45) is 0 Å². The molecule has 0 aromatic heterocycles. The molecule has 1 rings (SSSR count). The first-order chi connectivity index (χ1) is 9.30. The number of hydrogen-bond acceptors (Lipinski definition) is 0. The highest BCUT2D eigenvalue weighted by atomic mass is 32.5. The van der Waals surface area contributed by atoms with Crippen molar-refractivity contribution in [3.63, 3.8) is 0 Å². The van der Waals surface area contributed by atoms with Crippen molar-refractivity contribution in [1.82, 2.24) is 0 Å². The summed E-state index contributed by atoms with van der Waals surface area (Å²) in [6.07, 6.45) is 0. The molecule has 0 aliphatic carbocycles. The summed E-state index contributed by atoms with van der Waals surface area (Å²) in [5.74, 6) is 0. The quantitative estimate of drug-likeness (QED) is 0.397. The van der Waals surface area contributed by atoms with E-state index in [1.54, 1.807) is 0 Å². The first kappa shape index (κ1) is 21.3. The molecule has 1 aromatic carbocycles. The molecule has 0 saturated carbocycles. The fourth-order valence-electron chi connectivity index (χ4n) is 1.35. The minimum Gasteiger partial charge on any atom is -0.0936 e. The van der Waals surface area contributed by atoms with Crippen LogP contribution in [0.15, 0.2) is 32.9 Å². The third kappa shape index (κ3) is 4.87. The van der Waals surface area contributed by atoms with Gasteiger partial charge in [-0.2, -0.15) is 0 Å². The van der Waals surface area contributed by atoms with Gasteiger partial charge in [0.2, 0.25) is 0 Å². The van der Waals surface area contributed by atoms with Crippen LogP contribution < -0.4 is 0 Å². The molecule has 0 atom stereocenters. The summed E-state index contributed by atoms with van der Waals surface area (Å²) < 4.78 is 186. The molecule has 0 aliphatic rings. The van der Waals surface area contributed by atoms with Crippen molar-refractivity contribution in [3.8, 4) is 0 Å². The standard InChI is InChI=1S/C6H3F15S3/c7-22(8,9,10,11)4-1-2-5(23(12,13,14,15)16)6(3-4)24(17,18,19,20)21/h1-3H. The highest BCUT2D eigenvalue weighted by molar-refractivity contribution is 8.48. The lowest BCUT2D eigenvalue weighted by molar-refractivity contribution is 0.333. The molecule has 0 aliphatic heterocycles. The molecule has 0 spiro atoms. The molecule has 0 N–H and O–H groups in total. The van der Waals surface area contributed by atoms with Gasteiger partial charge in [0.05, 0.1) is 0 Å². The SMILES string of the molecule is FS(F)(F)(F)(F)c1ccc(S(F)(F)(F)(F)F)c(S(F)(F)(F)(F)F)c1. The van der Waals surface area contributed by atoms with Crippen molar-refractivity contribution < 1.29 is 58.3 Å². The number of halogens is 15. The monoisotopic (exact) mass is 456 g/mol. The lowest BCUT2D eigenvalue weighted by Gasteiger charge is -2.49. The normalized spacial score (nSPS) is 23.1. The zero-order valence-electron chi connectivity index (χ0n) is 10.1. The smallest absolute Gasteiger partial charge is 0.0936 e. The van der Waals surface area contributed by atoms with E-state index in [4.69, 9.17) is 0 Å². The Labute approximate surface area is 122 Å². The largest absolute Gasteiger partial charge is 0.311 e. The molecule has 0 heterocycles. The van der Waals surface area contributed by atoms with Crippen molar-refractivity contribution in [2.75, 3.05) is 0 Å². The van der Waals surface area contributed by atoms with E-state index in [1.165, 1.54) is 0 Å². The average molecular weight is 456 g/mol. The molecule has 0 unspecified atom stereocenters. The third-order valence-electron chi connectivity index (χ3n) is 2.19. The van der Waals surface area contributed by atoms with Crippen molar-refractivity contribution >= 4 is 30.7 Å². The predicted octanol–water partition coefficient (Wildman–Crippen LogP) is 9.66. The third-order valence-corrected chi connectivity index (χ3v) is 5.82. The Morgan fingerprint density at radius 2 is 0.750 bits per heavy atom. The van der Waals surface area contributed by atoms with Crippen LogP contribution >= 0.6 is 30.7 Å². The van der Waals surface area contributed by atoms with Crippen LogP contribution in [0.3, 0.4) is 0 Å². The van der Waals surface area contributed by atoms with Crippen LogP contribution in [0.25, 0.3) is 0 Å². The lowest BCUT2D eigenvalue weighted by Crippen LogP contribution is -2.17. The fraction of sp³-hybridized carbons (Fsp3) is 0. The van der Waals surface area contributed by atoms with Gasteiger partial charge in [0.15, 0.2) is 0 Å². The van der Waals surface area contributed by atoms with Crippen molar-refractivity contribution in [3.05, 3.63) is 18.2 Å². The minimum atomic E-state index is -11.9. The molecule has 0 bridgehead atoms. The molecular formula is C6H3F15S3. The van der Waals surface area contributed by atoms with Gasteiger partial charge >= 0.3 is 30.7 Å². The second kappa shape index (κ2) is 3.17. The zero-order valence-corrected chi connectivity index (χ0v) is 12.6. The van der Waals surface area contributed by atoms with Crippen LogP contribution in [0.4, 0.5) is 58.3 Å². The van der Waals surface area contributed by atoms with E-state index in [-0.39, 0.29) is 0 Å². The van der Waals surface area contributed by atoms with Crippen LogP contribution in [0.5, 0.6) is 0 Å². The maximum atomic E-state index is 12.5. The van der Waals surface area contributed by atoms with E-state index in [2.05, 4.69) is 0 Å². The lowest BCUT2D eigenvalue weighted by atomic mass is 10.4. The van der Waals surface area contributed by atoms with Gasteiger partial charge in [-0.1, -0.05) is 58.3 Å². The van der Waals surface area contributed by atoms with Crippen LogP contribution in [0.2, 0.25) is 0 Å². The van der Waals surface area contributed by atoms with Gasteiger partial charge in [-0.25, -0.2) is 0 Å². The molecule has 0 radical (unpaired) electrons. The van der Waals surface area contributed by atoms with Gasteiger partial charge < -0.3 is 0 Å². The molecule has 24 heavy (non-hydrogen) atoms. The molecule has 0 nitrogen and oxygen atoms in total. The summed E-state index contributed by atoms with van der Waals surface area (Å²) in [5.41, 5.74) is 0. The van der Waals surface area contributed by atoms with E-state index >= 15 is 0 Å². The number of benzene rings is 1. The Hall–Kier alpha value is -0.780. The summed E-state index contributed by atoms with van der Waals surface area (Å²) in [6.45, 7) is 0. The topological polar surface area (TPSA) is 0 Å². The first-order valence-electron chi connectivity index (χ1n) is 4.66. The van der Waals surface area contributed by atoms with Crippen molar-refractivity contribution in [1.29, 1.82) is 0 Å². The molecular weight excluding hydrogens is 453 g/mol. The average Bonchev–Trinajstić information content (AvgIpc) is 2.05. The molecule has 150 valence electrons. The van der Waals surface area contributed by atoms with Crippen LogP contribution in [-0.4, -0.2) is 0 Å². The predicted molar refractivity (Wildman–Crippen MR) is 60.6 cm³/mol. The van der Waals surface area contributed by atoms with Crippen LogP contribution in [0.1, 0.15) is 0 Å². The summed E-state index contributed by atoms with van der Waals surface area (Å²) >= 11 is 0. The maximum Gasteiger partial charge on any atom is 0.311 e. The first-order valence-corrected chi connectivity index (χ1v) is 10.5. The van der Waals surface area contributed by atoms with E-state index in [0.29, 0.717) is 0 Å². The minimum absolute atomic E-state index is 1.47. The maximum absolute atomic E-state index is 12.5. The van der Waals surface area contributed by atoms with Gasteiger partial charge in [0, 0.05) is 0 Å². The Morgan fingerprint density at radius 3 is 1.00 bits per heavy atom. The van der Waals surface area contributed by atoms with Gasteiger partial charge in [-0.3, -0.25) is 0 Å². The summed E-state index contributed by atoms with van der Waals surface area (Å²) in [5, 5.41) is 0. The number of rotatable bonds is 3.